The fourth-order valence-electron chi connectivity index (χ4n) is 1.11. The highest BCUT2D eigenvalue weighted by Gasteiger charge is 1.79. The predicted molar refractivity (Wildman–Crippen MR) is 58.5 cm³/mol. The lowest BCUT2D eigenvalue weighted by molar-refractivity contribution is 0.868. The van der Waals surface area contributed by atoms with Crippen LogP contribution in [0.15, 0.2) is 54.3 Å². The van der Waals surface area contributed by atoms with Gasteiger partial charge < -0.3 is 0 Å². The Morgan fingerprint density at radius 3 is 2.54 bits per heavy atom. The second kappa shape index (κ2) is 7.39. The van der Waals surface area contributed by atoms with Crippen molar-refractivity contribution in [1.29, 1.82) is 0 Å². The van der Waals surface area contributed by atoms with Crippen molar-refractivity contribution in [2.24, 2.45) is 0 Å². The minimum atomic E-state index is 0.967. The lowest BCUT2D eigenvalue weighted by atomic mass is 10.2. The van der Waals surface area contributed by atoms with Crippen LogP contribution in [0.25, 0.3) is 0 Å². The van der Waals surface area contributed by atoms with Crippen molar-refractivity contribution in [3.8, 4) is 0 Å². The van der Waals surface area contributed by atoms with E-state index < -0.39 is 0 Å². The topological polar surface area (TPSA) is 0 Å². The first-order chi connectivity index (χ1) is 6.50. The summed E-state index contributed by atoms with van der Waals surface area (Å²) in [5, 5.41) is 0. The normalized spacial score (nSPS) is 25.2. The smallest absolute Gasteiger partial charge is 0.00898 e. The summed E-state index contributed by atoms with van der Waals surface area (Å²) in [5.41, 5.74) is 3.11. The molecule has 0 aliphatic heterocycles. The molecule has 0 saturated carbocycles. The van der Waals surface area contributed by atoms with Crippen LogP contribution in [0.4, 0.5) is 0 Å². The first kappa shape index (κ1) is 9.83. The maximum Gasteiger partial charge on any atom is -0.00898 e. The average Bonchev–Trinajstić information content (AvgIpc) is 2.18. The van der Waals surface area contributed by atoms with Crippen LogP contribution in [0.2, 0.25) is 0 Å². The molecule has 0 aromatic rings. The second-order valence-electron chi connectivity index (χ2n) is 2.99. The van der Waals surface area contributed by atoms with Gasteiger partial charge >= 0.3 is 0 Å². The van der Waals surface area contributed by atoms with Crippen molar-refractivity contribution in [2.45, 2.75) is 25.7 Å². The summed E-state index contributed by atoms with van der Waals surface area (Å²) in [6, 6.07) is 0. The minimum Gasteiger partial charge on any atom is -0.125 e. The van der Waals surface area contributed by atoms with E-state index in [9.17, 15) is 0 Å². The third-order valence-electron chi connectivity index (χ3n) is 1.83. The zero-order chi connectivity index (χ0) is 9.19. The zero-order valence-corrected chi connectivity index (χ0v) is 7.95. The van der Waals surface area contributed by atoms with Crippen molar-refractivity contribution in [3.63, 3.8) is 0 Å². The highest BCUT2D eigenvalue weighted by Crippen LogP contribution is 1.99. The maximum atomic E-state index is 3.11. The average molecular weight is 172 g/mol. The molecule has 0 fully saturated rings. The van der Waals surface area contributed by atoms with Gasteiger partial charge in [0, 0.05) is 0 Å². The summed E-state index contributed by atoms with van der Waals surface area (Å²) >= 11 is 0. The van der Waals surface area contributed by atoms with E-state index in [4.69, 9.17) is 0 Å². The standard InChI is InChI=1S/C13H16/c1-2-4-6-8-10-12-13-11-9-7-5-3-1/h1-4,7,11-13H,5-6,8,10H2/b3-1+,4-2+,13-12-. The highest BCUT2D eigenvalue weighted by atomic mass is 13.8. The van der Waals surface area contributed by atoms with Crippen LogP contribution in [0, 0.1) is 0 Å². The van der Waals surface area contributed by atoms with Crippen molar-refractivity contribution in [1.82, 2.24) is 0 Å². The lowest BCUT2D eigenvalue weighted by Gasteiger charge is -1.87. The Bertz CT molecular complexity index is 258. The Morgan fingerprint density at radius 2 is 1.62 bits per heavy atom. The van der Waals surface area contributed by atoms with Gasteiger partial charge in [0.2, 0.25) is 0 Å². The van der Waals surface area contributed by atoms with Gasteiger partial charge in [0.15, 0.2) is 0 Å². The molecule has 0 unspecified atom stereocenters. The predicted octanol–water partition coefficient (Wildman–Crippen LogP) is 3.94. The number of hydrogen-bond donors (Lipinski definition) is 0. The molecule has 0 heterocycles. The van der Waals surface area contributed by atoms with Crippen LogP contribution < -0.4 is 0 Å². The Labute approximate surface area is 80.7 Å². The molecule has 1 aliphatic carbocycles. The van der Waals surface area contributed by atoms with Crippen molar-refractivity contribution >= 4 is 0 Å². The molecular formula is C13H16. The Balaban J connectivity index is 2.51. The van der Waals surface area contributed by atoms with Gasteiger partial charge in [-0.15, -0.1) is 5.73 Å². The SMILES string of the molecule is C1=C/C=C\CCC/C=C/C=C/CC=1. The molecule has 68 valence electrons. The monoisotopic (exact) mass is 172 g/mol. The molecule has 0 saturated heterocycles. The third kappa shape index (κ3) is 5.95. The molecule has 0 amide bonds. The zero-order valence-electron chi connectivity index (χ0n) is 7.95. The molecule has 0 heteroatoms. The first-order valence-corrected chi connectivity index (χ1v) is 4.88. The van der Waals surface area contributed by atoms with E-state index in [0.717, 1.165) is 12.8 Å². The molecule has 0 radical (unpaired) electrons. The van der Waals surface area contributed by atoms with E-state index in [1.54, 1.807) is 0 Å². The Morgan fingerprint density at radius 1 is 0.846 bits per heavy atom. The third-order valence-corrected chi connectivity index (χ3v) is 1.83. The fourth-order valence-corrected chi connectivity index (χ4v) is 1.11. The van der Waals surface area contributed by atoms with Crippen molar-refractivity contribution in [3.05, 3.63) is 54.3 Å². The highest BCUT2D eigenvalue weighted by molar-refractivity contribution is 5.07. The number of rotatable bonds is 0. The summed E-state index contributed by atoms with van der Waals surface area (Å²) in [6.07, 6.45) is 21.4. The van der Waals surface area contributed by atoms with Gasteiger partial charge in [0.25, 0.3) is 0 Å². The molecule has 0 aromatic carbocycles. The van der Waals surface area contributed by atoms with E-state index >= 15 is 0 Å². The molecule has 0 bridgehead atoms. The van der Waals surface area contributed by atoms with Gasteiger partial charge in [-0.2, -0.15) is 0 Å². The molecule has 1 rings (SSSR count). The molecule has 1 aliphatic rings. The van der Waals surface area contributed by atoms with Gasteiger partial charge in [0.05, 0.1) is 0 Å². The van der Waals surface area contributed by atoms with Crippen LogP contribution in [-0.4, -0.2) is 0 Å². The molecule has 0 N–H and O–H groups in total. The van der Waals surface area contributed by atoms with Gasteiger partial charge in [-0.1, -0.05) is 36.5 Å². The fraction of sp³-hybridized carbons (Fsp3) is 0.308. The summed E-state index contributed by atoms with van der Waals surface area (Å²) in [4.78, 5) is 0. The Kier molecular flexibility index (Phi) is 5.59. The van der Waals surface area contributed by atoms with E-state index in [1.165, 1.54) is 12.8 Å². The van der Waals surface area contributed by atoms with E-state index in [-0.39, 0.29) is 0 Å². The van der Waals surface area contributed by atoms with Crippen LogP contribution >= 0.6 is 0 Å². The van der Waals surface area contributed by atoms with Crippen molar-refractivity contribution < 1.29 is 0 Å². The Hall–Kier alpha value is -1.26. The van der Waals surface area contributed by atoms with E-state index in [0.29, 0.717) is 0 Å². The number of allylic oxidation sites excluding steroid dienone is 7. The molecule has 13 heavy (non-hydrogen) atoms. The largest absolute Gasteiger partial charge is 0.125 e. The number of hydrogen-bond acceptors (Lipinski definition) is 0. The molecule has 0 aromatic heterocycles. The lowest BCUT2D eigenvalue weighted by Crippen LogP contribution is -1.67. The van der Waals surface area contributed by atoms with Gasteiger partial charge in [-0.05, 0) is 37.8 Å². The molecular weight excluding hydrogens is 156 g/mol. The van der Waals surface area contributed by atoms with Gasteiger partial charge in [-0.3, -0.25) is 0 Å². The van der Waals surface area contributed by atoms with Gasteiger partial charge in [-0.25, -0.2) is 0 Å². The first-order valence-electron chi connectivity index (χ1n) is 4.88. The van der Waals surface area contributed by atoms with Crippen LogP contribution in [0.3, 0.4) is 0 Å². The summed E-state index contributed by atoms with van der Waals surface area (Å²) in [5.74, 6) is 0. The van der Waals surface area contributed by atoms with E-state index in [2.05, 4.69) is 42.2 Å². The summed E-state index contributed by atoms with van der Waals surface area (Å²) in [6.45, 7) is 0. The maximum absolute atomic E-state index is 3.11. The van der Waals surface area contributed by atoms with Crippen LogP contribution in [-0.2, 0) is 0 Å². The summed E-state index contributed by atoms with van der Waals surface area (Å²) in [7, 11) is 0. The van der Waals surface area contributed by atoms with Crippen molar-refractivity contribution in [2.75, 3.05) is 0 Å². The van der Waals surface area contributed by atoms with Gasteiger partial charge in [0.1, 0.15) is 0 Å². The second-order valence-corrected chi connectivity index (χ2v) is 2.99. The quantitative estimate of drug-likeness (QED) is 0.485. The molecule has 0 nitrogen and oxygen atoms in total. The van der Waals surface area contributed by atoms with E-state index in [1.807, 2.05) is 12.2 Å². The molecule has 0 spiro atoms. The molecule has 0 atom stereocenters. The van der Waals surface area contributed by atoms with Crippen LogP contribution in [0.1, 0.15) is 25.7 Å². The van der Waals surface area contributed by atoms with Crippen LogP contribution in [0.5, 0.6) is 0 Å². The minimum absolute atomic E-state index is 0.967. The summed E-state index contributed by atoms with van der Waals surface area (Å²) < 4.78 is 0.